The van der Waals surface area contributed by atoms with Crippen molar-refractivity contribution in [3.63, 3.8) is 0 Å². The smallest absolute Gasteiger partial charge is 0.317 e. The van der Waals surface area contributed by atoms with E-state index in [1.165, 1.54) is 6.07 Å². The number of hydrogen-bond donors (Lipinski definition) is 1. The average Bonchev–Trinajstić information content (AvgIpc) is 3.14. The monoisotopic (exact) mass is 362 g/mol. The lowest BCUT2D eigenvalue weighted by atomic mass is 10.1. The van der Waals surface area contributed by atoms with Crippen LogP contribution in [0.15, 0.2) is 28.8 Å². The number of hydrogen-bond acceptors (Lipinski definition) is 5. The van der Waals surface area contributed by atoms with Crippen LogP contribution in [0.3, 0.4) is 0 Å². The predicted molar refractivity (Wildman–Crippen MR) is 92.8 cm³/mol. The standard InChI is InChI=1S/C18H23FN4O3/c1-2-10-25-13-6-5-9-23(12-13)18(24)20-11-16-21-17(22-26-16)14-7-3-4-8-15(14)19/h3-4,7-8,13H,2,5-6,9-12H2,1H3,(H,20,24)/t13-/m0/s1. The molecule has 0 spiro atoms. The number of halogens is 1. The lowest BCUT2D eigenvalue weighted by Crippen LogP contribution is -2.47. The minimum atomic E-state index is -0.421. The highest BCUT2D eigenvalue weighted by Crippen LogP contribution is 2.19. The predicted octanol–water partition coefficient (Wildman–Crippen LogP) is 2.98. The Labute approximate surface area is 151 Å². The zero-order chi connectivity index (χ0) is 18.4. The molecule has 0 radical (unpaired) electrons. The highest BCUT2D eigenvalue weighted by atomic mass is 19.1. The van der Waals surface area contributed by atoms with Crippen molar-refractivity contribution in [2.45, 2.75) is 38.8 Å². The zero-order valence-electron chi connectivity index (χ0n) is 14.8. The summed E-state index contributed by atoms with van der Waals surface area (Å²) < 4.78 is 24.6. The number of benzene rings is 1. The Morgan fingerprint density at radius 3 is 3.12 bits per heavy atom. The summed E-state index contributed by atoms with van der Waals surface area (Å²) in [6.07, 6.45) is 2.94. The van der Waals surface area contributed by atoms with E-state index in [1.807, 2.05) is 0 Å². The van der Waals surface area contributed by atoms with E-state index in [9.17, 15) is 9.18 Å². The van der Waals surface area contributed by atoms with E-state index in [0.29, 0.717) is 19.7 Å². The van der Waals surface area contributed by atoms with Crippen LogP contribution in [0.25, 0.3) is 11.4 Å². The number of carbonyl (C=O) groups excluding carboxylic acids is 1. The molecule has 1 aliphatic rings. The van der Waals surface area contributed by atoms with Gasteiger partial charge in [0.2, 0.25) is 11.7 Å². The van der Waals surface area contributed by atoms with Gasteiger partial charge < -0.3 is 19.5 Å². The Bertz CT molecular complexity index is 737. The third-order valence-electron chi connectivity index (χ3n) is 4.20. The van der Waals surface area contributed by atoms with Crippen LogP contribution in [0.2, 0.25) is 0 Å². The van der Waals surface area contributed by atoms with Crippen LogP contribution < -0.4 is 5.32 Å². The van der Waals surface area contributed by atoms with Crippen LogP contribution in [-0.4, -0.2) is 46.9 Å². The minimum absolute atomic E-state index is 0.0884. The van der Waals surface area contributed by atoms with Crippen molar-refractivity contribution < 1.29 is 18.4 Å². The molecule has 26 heavy (non-hydrogen) atoms. The number of aromatic nitrogens is 2. The first-order chi connectivity index (χ1) is 12.7. The van der Waals surface area contributed by atoms with Gasteiger partial charge in [-0.25, -0.2) is 9.18 Å². The molecule has 1 aliphatic heterocycles. The Balaban J connectivity index is 1.53. The first kappa shape index (κ1) is 18.3. The van der Waals surface area contributed by atoms with Gasteiger partial charge in [-0.05, 0) is 31.4 Å². The third kappa shape index (κ3) is 4.57. The maximum atomic E-state index is 13.8. The van der Waals surface area contributed by atoms with Gasteiger partial charge >= 0.3 is 6.03 Å². The molecule has 2 heterocycles. The van der Waals surface area contributed by atoms with Crippen molar-refractivity contribution in [3.05, 3.63) is 36.0 Å². The van der Waals surface area contributed by atoms with Gasteiger partial charge in [-0.15, -0.1) is 0 Å². The molecule has 1 aromatic heterocycles. The fraction of sp³-hybridized carbons (Fsp3) is 0.500. The highest BCUT2D eigenvalue weighted by Gasteiger charge is 2.24. The van der Waals surface area contributed by atoms with E-state index < -0.39 is 5.82 Å². The van der Waals surface area contributed by atoms with E-state index in [-0.39, 0.29) is 36.0 Å². The number of piperidine rings is 1. The number of likely N-dealkylation sites (tertiary alicyclic amines) is 1. The van der Waals surface area contributed by atoms with Crippen LogP contribution in [0, 0.1) is 5.82 Å². The Morgan fingerprint density at radius 1 is 1.46 bits per heavy atom. The van der Waals surface area contributed by atoms with Crippen molar-refractivity contribution in [2.75, 3.05) is 19.7 Å². The van der Waals surface area contributed by atoms with Crippen LogP contribution in [0.1, 0.15) is 32.1 Å². The molecule has 3 rings (SSSR count). The molecule has 140 valence electrons. The molecular weight excluding hydrogens is 339 g/mol. The number of amides is 2. The van der Waals surface area contributed by atoms with Crippen LogP contribution in [-0.2, 0) is 11.3 Å². The number of ether oxygens (including phenoxy) is 1. The zero-order valence-corrected chi connectivity index (χ0v) is 14.8. The second-order valence-electron chi connectivity index (χ2n) is 6.23. The van der Waals surface area contributed by atoms with E-state index in [0.717, 1.165) is 19.3 Å². The molecule has 1 atom stereocenters. The molecule has 0 aliphatic carbocycles. The molecule has 2 amide bonds. The van der Waals surface area contributed by atoms with Gasteiger partial charge in [0, 0.05) is 19.7 Å². The number of urea groups is 1. The second-order valence-corrected chi connectivity index (χ2v) is 6.23. The summed E-state index contributed by atoms with van der Waals surface area (Å²) in [6, 6.07) is 6.01. The van der Waals surface area contributed by atoms with Gasteiger partial charge in [-0.1, -0.05) is 24.2 Å². The van der Waals surface area contributed by atoms with Crippen LogP contribution >= 0.6 is 0 Å². The van der Waals surface area contributed by atoms with Gasteiger partial charge in [-0.2, -0.15) is 4.98 Å². The SMILES string of the molecule is CCCO[C@H]1CCCN(C(=O)NCc2nc(-c3ccccc3F)no2)C1. The van der Waals surface area contributed by atoms with E-state index in [2.05, 4.69) is 22.4 Å². The molecular formula is C18H23FN4O3. The van der Waals surface area contributed by atoms with Crippen molar-refractivity contribution in [1.82, 2.24) is 20.4 Å². The third-order valence-corrected chi connectivity index (χ3v) is 4.20. The summed E-state index contributed by atoms with van der Waals surface area (Å²) in [5, 5.41) is 6.54. The molecule has 1 aromatic carbocycles. The fourth-order valence-electron chi connectivity index (χ4n) is 2.88. The maximum Gasteiger partial charge on any atom is 0.317 e. The quantitative estimate of drug-likeness (QED) is 0.854. The van der Waals surface area contributed by atoms with E-state index in [1.54, 1.807) is 23.1 Å². The summed E-state index contributed by atoms with van der Waals surface area (Å²) in [5.74, 6) is -0.0268. The van der Waals surface area contributed by atoms with Gasteiger partial charge in [0.05, 0.1) is 18.2 Å². The Hall–Kier alpha value is -2.48. The van der Waals surface area contributed by atoms with Crippen LogP contribution in [0.5, 0.6) is 0 Å². The second kappa shape index (κ2) is 8.75. The minimum Gasteiger partial charge on any atom is -0.376 e. The summed E-state index contributed by atoms with van der Waals surface area (Å²) >= 11 is 0. The molecule has 0 unspecified atom stereocenters. The number of carbonyl (C=O) groups is 1. The molecule has 0 bridgehead atoms. The van der Waals surface area contributed by atoms with Gasteiger partial charge in [-0.3, -0.25) is 0 Å². The Kier molecular flexibility index (Phi) is 6.17. The van der Waals surface area contributed by atoms with E-state index in [4.69, 9.17) is 9.26 Å². The summed E-state index contributed by atoms with van der Waals surface area (Å²) in [5.41, 5.74) is 0.265. The van der Waals surface area contributed by atoms with Gasteiger partial charge in [0.15, 0.2) is 0 Å². The Morgan fingerprint density at radius 2 is 2.31 bits per heavy atom. The van der Waals surface area contributed by atoms with Gasteiger partial charge in [0.25, 0.3) is 0 Å². The first-order valence-electron chi connectivity index (χ1n) is 8.89. The van der Waals surface area contributed by atoms with E-state index >= 15 is 0 Å². The number of nitrogens with zero attached hydrogens (tertiary/aromatic N) is 3. The first-order valence-corrected chi connectivity index (χ1v) is 8.89. The lowest BCUT2D eigenvalue weighted by Gasteiger charge is -2.32. The molecule has 1 fully saturated rings. The fourth-order valence-corrected chi connectivity index (χ4v) is 2.88. The molecule has 2 aromatic rings. The van der Waals surface area contributed by atoms with Crippen molar-refractivity contribution in [1.29, 1.82) is 0 Å². The largest absolute Gasteiger partial charge is 0.376 e. The normalized spacial score (nSPS) is 17.3. The average molecular weight is 362 g/mol. The lowest BCUT2D eigenvalue weighted by molar-refractivity contribution is 0.00995. The maximum absolute atomic E-state index is 13.8. The summed E-state index contributed by atoms with van der Waals surface area (Å²) in [4.78, 5) is 18.2. The summed E-state index contributed by atoms with van der Waals surface area (Å²) in [6.45, 7) is 4.14. The molecule has 0 saturated carbocycles. The van der Waals surface area contributed by atoms with Crippen molar-refractivity contribution in [2.24, 2.45) is 0 Å². The van der Waals surface area contributed by atoms with Crippen LogP contribution in [0.4, 0.5) is 9.18 Å². The molecule has 1 saturated heterocycles. The van der Waals surface area contributed by atoms with Gasteiger partial charge in [0.1, 0.15) is 5.82 Å². The molecule has 1 N–H and O–H groups in total. The van der Waals surface area contributed by atoms with Crippen molar-refractivity contribution >= 4 is 6.03 Å². The molecule has 8 heteroatoms. The number of rotatable bonds is 6. The van der Waals surface area contributed by atoms with Crippen molar-refractivity contribution in [3.8, 4) is 11.4 Å². The topological polar surface area (TPSA) is 80.5 Å². The number of nitrogens with one attached hydrogen (secondary N) is 1. The highest BCUT2D eigenvalue weighted by molar-refractivity contribution is 5.74. The molecule has 7 nitrogen and oxygen atoms in total. The summed E-state index contributed by atoms with van der Waals surface area (Å²) in [7, 11) is 0.